The quantitative estimate of drug-likeness (QED) is 0.642. The van der Waals surface area contributed by atoms with Crippen LogP contribution in [0.15, 0.2) is 18.2 Å². The van der Waals surface area contributed by atoms with E-state index in [0.29, 0.717) is 17.7 Å². The lowest BCUT2D eigenvalue weighted by Crippen LogP contribution is -2.38. The smallest absolute Gasteiger partial charge is 0.270 e. The van der Waals surface area contributed by atoms with Gasteiger partial charge in [0.15, 0.2) is 0 Å². The van der Waals surface area contributed by atoms with Gasteiger partial charge in [-0.1, -0.05) is 18.9 Å². The number of nitro groups is 1. The molecule has 6 heteroatoms. The second kappa shape index (κ2) is 6.22. The first kappa shape index (κ1) is 15.4. The Balaban J connectivity index is 2.09. The fourth-order valence-corrected chi connectivity index (χ4v) is 2.85. The summed E-state index contributed by atoms with van der Waals surface area (Å²) in [6, 6.07) is 4.26. The van der Waals surface area contributed by atoms with Gasteiger partial charge in [-0.25, -0.2) is 0 Å². The highest BCUT2D eigenvalue weighted by Crippen LogP contribution is 2.37. The van der Waals surface area contributed by atoms with E-state index in [-0.39, 0.29) is 23.6 Å². The highest BCUT2D eigenvalue weighted by Gasteiger charge is 2.33. The molecule has 1 aromatic rings. The van der Waals surface area contributed by atoms with Crippen molar-refractivity contribution in [2.45, 2.75) is 32.6 Å². The molecule has 0 heterocycles. The molecule has 1 aromatic carbocycles. The molecule has 21 heavy (non-hydrogen) atoms. The van der Waals surface area contributed by atoms with E-state index in [1.165, 1.54) is 12.1 Å². The fraction of sp³-hybridized carbons (Fsp3) is 0.533. The molecule has 2 rings (SSSR count). The topological polar surface area (TPSA) is 92.5 Å². The summed E-state index contributed by atoms with van der Waals surface area (Å²) < 4.78 is 0. The minimum Gasteiger partial charge on any atom is -0.396 e. The first-order valence-electron chi connectivity index (χ1n) is 7.11. The number of amides is 1. The summed E-state index contributed by atoms with van der Waals surface area (Å²) in [6.45, 7) is 2.21. The second-order valence-corrected chi connectivity index (χ2v) is 5.80. The molecule has 1 aliphatic rings. The van der Waals surface area contributed by atoms with Crippen LogP contribution in [-0.2, 0) is 0 Å². The molecular formula is C15H20N2O4. The van der Waals surface area contributed by atoms with Crippen molar-refractivity contribution in [3.05, 3.63) is 39.4 Å². The van der Waals surface area contributed by atoms with Crippen molar-refractivity contribution in [2.75, 3.05) is 13.2 Å². The third-order valence-corrected chi connectivity index (χ3v) is 4.30. The van der Waals surface area contributed by atoms with Crippen molar-refractivity contribution in [2.24, 2.45) is 5.41 Å². The highest BCUT2D eigenvalue weighted by molar-refractivity contribution is 5.96. The summed E-state index contributed by atoms with van der Waals surface area (Å²) in [5.41, 5.74) is 0.686. The van der Waals surface area contributed by atoms with Crippen molar-refractivity contribution in [3.8, 4) is 0 Å². The summed E-state index contributed by atoms with van der Waals surface area (Å²) in [5.74, 6) is -0.323. The summed E-state index contributed by atoms with van der Waals surface area (Å²) in [7, 11) is 0. The molecule has 0 bridgehead atoms. The molecule has 1 aliphatic carbocycles. The van der Waals surface area contributed by atoms with Crippen LogP contribution < -0.4 is 5.32 Å². The Morgan fingerprint density at radius 2 is 2.10 bits per heavy atom. The molecule has 0 spiro atoms. The Bertz CT molecular complexity index is 551. The maximum absolute atomic E-state index is 12.2. The number of benzene rings is 1. The van der Waals surface area contributed by atoms with E-state index < -0.39 is 4.92 Å². The maximum atomic E-state index is 12.2. The summed E-state index contributed by atoms with van der Waals surface area (Å²) in [5, 5.41) is 23.1. The van der Waals surface area contributed by atoms with Crippen molar-refractivity contribution in [1.82, 2.24) is 5.32 Å². The lowest BCUT2D eigenvalue weighted by Gasteiger charge is -2.26. The van der Waals surface area contributed by atoms with Gasteiger partial charge in [0.25, 0.3) is 11.6 Å². The van der Waals surface area contributed by atoms with Crippen LogP contribution in [0.25, 0.3) is 0 Å². The van der Waals surface area contributed by atoms with E-state index in [1.54, 1.807) is 13.0 Å². The van der Waals surface area contributed by atoms with Crippen molar-refractivity contribution >= 4 is 11.6 Å². The van der Waals surface area contributed by atoms with Crippen LogP contribution in [-0.4, -0.2) is 29.1 Å². The minimum absolute atomic E-state index is 0.0567. The monoisotopic (exact) mass is 292 g/mol. The third-order valence-electron chi connectivity index (χ3n) is 4.30. The summed E-state index contributed by atoms with van der Waals surface area (Å²) in [4.78, 5) is 22.5. The number of nitro benzene ring substituents is 1. The summed E-state index contributed by atoms with van der Waals surface area (Å²) >= 11 is 0. The van der Waals surface area contributed by atoms with Gasteiger partial charge in [0.2, 0.25) is 0 Å². The highest BCUT2D eigenvalue weighted by atomic mass is 16.6. The maximum Gasteiger partial charge on any atom is 0.270 e. The van der Waals surface area contributed by atoms with Crippen LogP contribution in [0.1, 0.15) is 41.6 Å². The number of aliphatic hydroxyl groups is 1. The summed E-state index contributed by atoms with van der Waals surface area (Å²) in [6.07, 6.45) is 3.92. The van der Waals surface area contributed by atoms with E-state index in [2.05, 4.69) is 5.32 Å². The van der Waals surface area contributed by atoms with Gasteiger partial charge in [-0.05, 0) is 25.3 Å². The van der Waals surface area contributed by atoms with E-state index in [1.807, 2.05) is 0 Å². The van der Waals surface area contributed by atoms with Crippen molar-refractivity contribution in [1.29, 1.82) is 0 Å². The number of nitrogens with one attached hydrogen (secondary N) is 1. The molecule has 1 saturated carbocycles. The van der Waals surface area contributed by atoms with Crippen LogP contribution in [0.5, 0.6) is 0 Å². The molecule has 6 nitrogen and oxygen atoms in total. The van der Waals surface area contributed by atoms with Crippen LogP contribution in [0.3, 0.4) is 0 Å². The van der Waals surface area contributed by atoms with Gasteiger partial charge >= 0.3 is 0 Å². The van der Waals surface area contributed by atoms with Gasteiger partial charge in [-0.15, -0.1) is 0 Å². The number of carbonyl (C=O) groups is 1. The Kier molecular flexibility index (Phi) is 4.57. The van der Waals surface area contributed by atoms with E-state index in [4.69, 9.17) is 0 Å². The first-order chi connectivity index (χ1) is 9.97. The minimum atomic E-state index is -0.512. The van der Waals surface area contributed by atoms with E-state index >= 15 is 0 Å². The fourth-order valence-electron chi connectivity index (χ4n) is 2.85. The van der Waals surface area contributed by atoms with Gasteiger partial charge in [-0.3, -0.25) is 14.9 Å². The van der Waals surface area contributed by atoms with Gasteiger partial charge in [0, 0.05) is 29.7 Å². The number of aliphatic hydroxyl groups excluding tert-OH is 1. The van der Waals surface area contributed by atoms with Gasteiger partial charge in [0.05, 0.1) is 11.5 Å². The van der Waals surface area contributed by atoms with Gasteiger partial charge in [-0.2, -0.15) is 0 Å². The van der Waals surface area contributed by atoms with Crippen LogP contribution >= 0.6 is 0 Å². The third kappa shape index (κ3) is 3.39. The lowest BCUT2D eigenvalue weighted by atomic mass is 9.87. The molecule has 0 aliphatic heterocycles. The molecule has 1 fully saturated rings. The standard InChI is InChI=1S/C15H20N2O4/c1-11-4-5-12(17(20)21)8-13(11)14(19)16-9-15(10-18)6-2-3-7-15/h4-5,8,18H,2-3,6-7,9-10H2,1H3,(H,16,19). The molecule has 0 saturated heterocycles. The molecule has 0 aromatic heterocycles. The number of rotatable bonds is 5. The molecule has 1 amide bonds. The Hall–Kier alpha value is -1.95. The van der Waals surface area contributed by atoms with Crippen LogP contribution in [0.4, 0.5) is 5.69 Å². The molecule has 114 valence electrons. The molecular weight excluding hydrogens is 272 g/mol. The zero-order valence-corrected chi connectivity index (χ0v) is 12.1. The van der Waals surface area contributed by atoms with Crippen molar-refractivity contribution in [3.63, 3.8) is 0 Å². The lowest BCUT2D eigenvalue weighted by molar-refractivity contribution is -0.384. The number of non-ortho nitro benzene ring substituents is 1. The predicted molar refractivity (Wildman–Crippen MR) is 78.2 cm³/mol. The Morgan fingerprint density at radius 3 is 2.67 bits per heavy atom. The Morgan fingerprint density at radius 1 is 1.43 bits per heavy atom. The zero-order chi connectivity index (χ0) is 15.5. The number of hydrogen-bond donors (Lipinski definition) is 2. The predicted octanol–water partition coefficient (Wildman–Crippen LogP) is 2.19. The van der Waals surface area contributed by atoms with Crippen LogP contribution in [0.2, 0.25) is 0 Å². The van der Waals surface area contributed by atoms with Gasteiger partial charge < -0.3 is 10.4 Å². The van der Waals surface area contributed by atoms with Crippen LogP contribution in [0, 0.1) is 22.5 Å². The SMILES string of the molecule is Cc1ccc([N+](=O)[O-])cc1C(=O)NCC1(CO)CCCC1. The normalized spacial score (nSPS) is 16.7. The number of carbonyl (C=O) groups excluding carboxylic acids is 1. The van der Waals surface area contributed by atoms with E-state index in [9.17, 15) is 20.0 Å². The zero-order valence-electron chi connectivity index (χ0n) is 12.1. The Labute approximate surface area is 123 Å². The largest absolute Gasteiger partial charge is 0.396 e. The van der Waals surface area contributed by atoms with Crippen molar-refractivity contribution < 1.29 is 14.8 Å². The number of nitrogens with zero attached hydrogens (tertiary/aromatic N) is 1. The average molecular weight is 292 g/mol. The number of hydrogen-bond acceptors (Lipinski definition) is 4. The van der Waals surface area contributed by atoms with Gasteiger partial charge in [0.1, 0.15) is 0 Å². The number of aryl methyl sites for hydroxylation is 1. The molecule has 2 N–H and O–H groups in total. The molecule has 0 unspecified atom stereocenters. The molecule has 0 radical (unpaired) electrons. The second-order valence-electron chi connectivity index (χ2n) is 5.80. The van der Waals surface area contributed by atoms with E-state index in [0.717, 1.165) is 25.7 Å². The molecule has 0 atom stereocenters. The first-order valence-corrected chi connectivity index (χ1v) is 7.11. The average Bonchev–Trinajstić information content (AvgIpc) is 2.94.